The molecule has 3 heterocycles. The molecule has 1 aromatic carbocycles. The van der Waals surface area contributed by atoms with E-state index < -0.39 is 0 Å². The van der Waals surface area contributed by atoms with E-state index in [1.54, 1.807) is 12.3 Å². The van der Waals surface area contributed by atoms with Gasteiger partial charge in [0.05, 0.1) is 12.0 Å². The fraction of sp³-hybridized carbons (Fsp3) is 0.222. The molecule has 0 bridgehead atoms. The molecule has 0 saturated heterocycles. The summed E-state index contributed by atoms with van der Waals surface area (Å²) in [5.41, 5.74) is 1.40. The summed E-state index contributed by atoms with van der Waals surface area (Å²) in [5, 5.41) is 8.91. The van der Waals surface area contributed by atoms with Crippen molar-refractivity contribution in [2.24, 2.45) is 0 Å². The number of esters is 1. The molecule has 0 aliphatic rings. The van der Waals surface area contributed by atoms with Crippen LogP contribution < -0.4 is 0 Å². The molecular weight excluding hydrogens is 368 g/mol. The molecule has 0 aliphatic carbocycles. The van der Waals surface area contributed by atoms with Gasteiger partial charge < -0.3 is 13.6 Å². The van der Waals surface area contributed by atoms with Crippen molar-refractivity contribution >= 4 is 28.8 Å². The van der Waals surface area contributed by atoms with Crippen LogP contribution in [0, 0.1) is 0 Å². The van der Waals surface area contributed by atoms with Crippen LogP contribution in [0.15, 0.2) is 56.7 Å². The monoisotopic (exact) mass is 384 g/mol. The molecule has 0 unspecified atom stereocenters. The Labute approximate surface area is 158 Å². The number of hydrogen-bond donors (Lipinski definition) is 0. The molecule has 27 heavy (non-hydrogen) atoms. The van der Waals surface area contributed by atoms with E-state index in [1.807, 2.05) is 41.8 Å². The summed E-state index contributed by atoms with van der Waals surface area (Å²) in [6.45, 7) is 2.63. The van der Waals surface area contributed by atoms with Gasteiger partial charge in [0.15, 0.2) is 28.9 Å². The van der Waals surface area contributed by atoms with Crippen LogP contribution in [0.5, 0.6) is 0 Å². The van der Waals surface area contributed by atoms with Gasteiger partial charge >= 0.3 is 5.97 Å². The summed E-state index contributed by atoms with van der Waals surface area (Å²) < 4.78 is 18.0. The van der Waals surface area contributed by atoms with Gasteiger partial charge in [-0.1, -0.05) is 23.9 Å². The van der Waals surface area contributed by atoms with Gasteiger partial charge in [-0.3, -0.25) is 9.36 Å². The first kappa shape index (κ1) is 17.3. The van der Waals surface area contributed by atoms with E-state index >= 15 is 0 Å². The number of thioether (sulfide) groups is 1. The summed E-state index contributed by atoms with van der Waals surface area (Å²) >= 11 is 1.26. The van der Waals surface area contributed by atoms with E-state index in [4.69, 9.17) is 13.6 Å². The highest BCUT2D eigenvalue weighted by Crippen LogP contribution is 2.24. The number of benzene rings is 1. The molecule has 0 fully saturated rings. The number of para-hydroxylation sites is 2. The minimum atomic E-state index is -0.382. The summed E-state index contributed by atoms with van der Waals surface area (Å²) in [6, 6.07) is 11.0. The van der Waals surface area contributed by atoms with Gasteiger partial charge in [-0.05, 0) is 31.2 Å². The van der Waals surface area contributed by atoms with Gasteiger partial charge in [0.1, 0.15) is 5.52 Å². The van der Waals surface area contributed by atoms with Crippen LogP contribution in [0.2, 0.25) is 0 Å². The topological polar surface area (TPSA) is 96.2 Å². The molecule has 0 aliphatic heterocycles. The highest BCUT2D eigenvalue weighted by atomic mass is 32.2. The second kappa shape index (κ2) is 7.67. The zero-order valence-electron chi connectivity index (χ0n) is 14.5. The predicted octanol–water partition coefficient (Wildman–Crippen LogP) is 3.53. The van der Waals surface area contributed by atoms with Crippen LogP contribution >= 0.6 is 11.8 Å². The number of rotatable bonds is 7. The third kappa shape index (κ3) is 3.72. The first-order valence-electron chi connectivity index (χ1n) is 8.34. The third-order valence-electron chi connectivity index (χ3n) is 3.79. The minimum absolute atomic E-state index is 0.00775. The normalized spacial score (nSPS) is 11.1. The highest BCUT2D eigenvalue weighted by molar-refractivity contribution is 7.99. The molecule has 0 radical (unpaired) electrons. The zero-order valence-corrected chi connectivity index (χ0v) is 15.3. The molecule has 9 heteroatoms. The number of ether oxygens (including phenoxy) is 1. The van der Waals surface area contributed by atoms with Crippen LogP contribution in [-0.4, -0.2) is 31.5 Å². The molecule has 0 atom stereocenters. The number of aromatic nitrogens is 4. The zero-order chi connectivity index (χ0) is 18.6. The van der Waals surface area contributed by atoms with Crippen molar-refractivity contribution in [3.05, 3.63) is 48.6 Å². The Balaban J connectivity index is 1.35. The molecule has 0 N–H and O–H groups in total. The van der Waals surface area contributed by atoms with Crippen LogP contribution in [-0.2, 0) is 22.7 Å². The smallest absolute Gasteiger partial charge is 0.316 e. The van der Waals surface area contributed by atoms with E-state index in [-0.39, 0.29) is 18.3 Å². The SMILES string of the molecule is CCn1c(SCC(=O)OCc2nc3ccccc3o2)nnc1-c1ccco1. The van der Waals surface area contributed by atoms with Gasteiger partial charge in [0.25, 0.3) is 0 Å². The lowest BCUT2D eigenvalue weighted by atomic mass is 10.3. The number of furan rings is 1. The largest absolute Gasteiger partial charge is 0.461 e. The number of carbonyl (C=O) groups excluding carboxylic acids is 1. The van der Waals surface area contributed by atoms with Crippen molar-refractivity contribution in [1.82, 2.24) is 19.7 Å². The standard InChI is InChI=1S/C18H16N4O4S/c1-2-22-17(14-8-5-9-24-14)20-21-18(22)27-11-16(23)25-10-15-19-12-6-3-4-7-13(12)26-15/h3-9H,2,10-11H2,1H3. The number of carbonyl (C=O) groups is 1. The van der Waals surface area contributed by atoms with Crippen molar-refractivity contribution in [3.8, 4) is 11.6 Å². The van der Waals surface area contributed by atoms with E-state index in [1.165, 1.54) is 11.8 Å². The molecule has 3 aromatic heterocycles. The maximum atomic E-state index is 12.1. The summed E-state index contributed by atoms with van der Waals surface area (Å²) in [5.74, 6) is 1.36. The van der Waals surface area contributed by atoms with Crippen molar-refractivity contribution in [3.63, 3.8) is 0 Å². The Kier molecular flexibility index (Phi) is 4.93. The van der Waals surface area contributed by atoms with Crippen molar-refractivity contribution in [2.45, 2.75) is 25.2 Å². The molecule has 0 saturated carbocycles. The number of hydrogen-bond acceptors (Lipinski definition) is 8. The van der Waals surface area contributed by atoms with E-state index in [0.717, 1.165) is 5.52 Å². The maximum Gasteiger partial charge on any atom is 0.316 e. The second-order valence-electron chi connectivity index (χ2n) is 5.55. The molecule has 4 aromatic rings. The molecule has 138 valence electrons. The van der Waals surface area contributed by atoms with E-state index in [0.29, 0.717) is 34.8 Å². The van der Waals surface area contributed by atoms with Crippen LogP contribution in [0.1, 0.15) is 12.8 Å². The van der Waals surface area contributed by atoms with Crippen LogP contribution in [0.3, 0.4) is 0 Å². The summed E-state index contributed by atoms with van der Waals surface area (Å²) in [7, 11) is 0. The Hall–Kier alpha value is -3.07. The third-order valence-corrected chi connectivity index (χ3v) is 4.73. The molecule has 0 spiro atoms. The van der Waals surface area contributed by atoms with Crippen molar-refractivity contribution < 1.29 is 18.4 Å². The number of nitrogens with zero attached hydrogens (tertiary/aromatic N) is 4. The lowest BCUT2D eigenvalue weighted by Crippen LogP contribution is -2.08. The van der Waals surface area contributed by atoms with Crippen LogP contribution in [0.25, 0.3) is 22.7 Å². The van der Waals surface area contributed by atoms with Gasteiger partial charge in [-0.15, -0.1) is 10.2 Å². The van der Waals surface area contributed by atoms with Gasteiger partial charge in [0.2, 0.25) is 5.89 Å². The highest BCUT2D eigenvalue weighted by Gasteiger charge is 2.17. The molecule has 0 amide bonds. The Morgan fingerprint density at radius 1 is 1.22 bits per heavy atom. The average Bonchev–Trinajstić information content (AvgIpc) is 3.42. The molecule has 4 rings (SSSR count). The molecular formula is C18H16N4O4S. The van der Waals surface area contributed by atoms with E-state index in [2.05, 4.69) is 15.2 Å². The van der Waals surface area contributed by atoms with Gasteiger partial charge in [-0.25, -0.2) is 4.98 Å². The van der Waals surface area contributed by atoms with Gasteiger partial charge in [0, 0.05) is 6.54 Å². The Bertz CT molecular complexity index is 1020. The first-order valence-corrected chi connectivity index (χ1v) is 9.33. The van der Waals surface area contributed by atoms with Crippen molar-refractivity contribution in [1.29, 1.82) is 0 Å². The fourth-order valence-corrected chi connectivity index (χ4v) is 3.36. The molecule has 8 nitrogen and oxygen atoms in total. The predicted molar refractivity (Wildman–Crippen MR) is 97.9 cm³/mol. The van der Waals surface area contributed by atoms with Crippen molar-refractivity contribution in [2.75, 3.05) is 5.75 Å². The fourth-order valence-electron chi connectivity index (χ4n) is 2.56. The summed E-state index contributed by atoms with van der Waals surface area (Å²) in [6.07, 6.45) is 1.58. The minimum Gasteiger partial charge on any atom is -0.461 e. The lowest BCUT2D eigenvalue weighted by Gasteiger charge is -2.05. The quantitative estimate of drug-likeness (QED) is 0.353. The maximum absolute atomic E-state index is 12.1. The summed E-state index contributed by atoms with van der Waals surface area (Å²) in [4.78, 5) is 16.3. The Morgan fingerprint density at radius 2 is 2.11 bits per heavy atom. The number of oxazole rings is 1. The second-order valence-corrected chi connectivity index (χ2v) is 6.49. The lowest BCUT2D eigenvalue weighted by molar-refractivity contribution is -0.142. The first-order chi connectivity index (χ1) is 13.2. The Morgan fingerprint density at radius 3 is 2.89 bits per heavy atom. The van der Waals surface area contributed by atoms with E-state index in [9.17, 15) is 4.79 Å². The number of fused-ring (bicyclic) bond motifs is 1. The van der Waals surface area contributed by atoms with Gasteiger partial charge in [-0.2, -0.15) is 0 Å². The van der Waals surface area contributed by atoms with Crippen LogP contribution in [0.4, 0.5) is 0 Å². The average molecular weight is 384 g/mol.